The lowest BCUT2D eigenvalue weighted by molar-refractivity contribution is 0.462. The van der Waals surface area contributed by atoms with Crippen LogP contribution in [0.15, 0.2) is 30.6 Å². The number of pyridine rings is 2. The van der Waals surface area contributed by atoms with E-state index in [2.05, 4.69) is 26.7 Å². The second-order valence-corrected chi connectivity index (χ2v) is 8.11. The molecule has 2 aliphatic rings. The molecule has 2 aromatic rings. The van der Waals surface area contributed by atoms with Crippen molar-refractivity contribution in [3.05, 3.63) is 35.6 Å². The Kier molecular flexibility index (Phi) is 5.18. The van der Waals surface area contributed by atoms with Gasteiger partial charge in [0.1, 0.15) is 5.82 Å². The van der Waals surface area contributed by atoms with E-state index in [1.54, 1.807) is 12.4 Å². The SMILES string of the molecule is N#CC1(CNc2ccnc(-c3cc(NC4CCCCC4)ncc3Cl)c2)CC1. The van der Waals surface area contributed by atoms with Gasteiger partial charge in [-0.05, 0) is 43.9 Å². The molecule has 2 N–H and O–H groups in total. The second-order valence-electron chi connectivity index (χ2n) is 7.70. The smallest absolute Gasteiger partial charge is 0.126 e. The van der Waals surface area contributed by atoms with Crippen molar-refractivity contribution in [3.63, 3.8) is 0 Å². The molecule has 0 amide bonds. The molecule has 0 unspecified atom stereocenters. The molecule has 0 atom stereocenters. The average Bonchev–Trinajstić information content (AvgIpc) is 3.50. The average molecular weight is 382 g/mol. The third-order valence-corrected chi connectivity index (χ3v) is 5.87. The van der Waals surface area contributed by atoms with Gasteiger partial charge in [0.05, 0.1) is 22.2 Å². The number of nitrogens with one attached hydrogen (secondary N) is 2. The van der Waals surface area contributed by atoms with Gasteiger partial charge in [-0.25, -0.2) is 4.98 Å². The normalized spacial score (nSPS) is 18.5. The van der Waals surface area contributed by atoms with Crippen LogP contribution < -0.4 is 10.6 Å². The van der Waals surface area contributed by atoms with Gasteiger partial charge in [-0.15, -0.1) is 0 Å². The zero-order valence-corrected chi connectivity index (χ0v) is 16.1. The first-order chi connectivity index (χ1) is 13.2. The number of nitriles is 1. The minimum Gasteiger partial charge on any atom is -0.383 e. The Bertz CT molecular complexity index is 850. The van der Waals surface area contributed by atoms with Gasteiger partial charge in [-0.2, -0.15) is 5.26 Å². The van der Waals surface area contributed by atoms with E-state index in [1.807, 2.05) is 18.2 Å². The van der Waals surface area contributed by atoms with Gasteiger partial charge in [-0.1, -0.05) is 30.9 Å². The summed E-state index contributed by atoms with van der Waals surface area (Å²) >= 11 is 6.41. The molecule has 27 heavy (non-hydrogen) atoms. The minimum atomic E-state index is -0.186. The molecule has 0 aromatic carbocycles. The molecule has 2 aromatic heterocycles. The Labute approximate surface area is 165 Å². The monoisotopic (exact) mass is 381 g/mol. The fraction of sp³-hybridized carbons (Fsp3) is 0.476. The fourth-order valence-electron chi connectivity index (χ4n) is 3.61. The van der Waals surface area contributed by atoms with Crippen LogP contribution in [0.2, 0.25) is 5.02 Å². The minimum absolute atomic E-state index is 0.186. The van der Waals surface area contributed by atoms with Crippen molar-refractivity contribution in [1.29, 1.82) is 5.26 Å². The molecule has 2 saturated carbocycles. The van der Waals surface area contributed by atoms with Crippen LogP contribution >= 0.6 is 11.6 Å². The maximum absolute atomic E-state index is 9.23. The summed E-state index contributed by atoms with van der Waals surface area (Å²) in [6.07, 6.45) is 11.7. The number of halogens is 1. The molecule has 0 saturated heterocycles. The van der Waals surface area contributed by atoms with Crippen LogP contribution in [0.1, 0.15) is 44.9 Å². The van der Waals surface area contributed by atoms with Crippen molar-refractivity contribution in [1.82, 2.24) is 9.97 Å². The van der Waals surface area contributed by atoms with Gasteiger partial charge in [0.25, 0.3) is 0 Å². The highest BCUT2D eigenvalue weighted by atomic mass is 35.5. The number of aromatic nitrogens is 2. The van der Waals surface area contributed by atoms with E-state index in [0.29, 0.717) is 17.6 Å². The molecule has 2 heterocycles. The van der Waals surface area contributed by atoms with Gasteiger partial charge >= 0.3 is 0 Å². The summed E-state index contributed by atoms with van der Waals surface area (Å²) in [5.74, 6) is 0.850. The first-order valence-electron chi connectivity index (χ1n) is 9.71. The van der Waals surface area contributed by atoms with E-state index in [-0.39, 0.29) is 5.41 Å². The number of rotatable bonds is 6. The van der Waals surface area contributed by atoms with Crippen molar-refractivity contribution >= 4 is 23.1 Å². The summed E-state index contributed by atoms with van der Waals surface area (Å²) in [4.78, 5) is 8.94. The summed E-state index contributed by atoms with van der Waals surface area (Å²) in [6, 6.07) is 8.79. The molecule has 140 valence electrons. The fourth-order valence-corrected chi connectivity index (χ4v) is 3.81. The first-order valence-corrected chi connectivity index (χ1v) is 10.1. The first kappa shape index (κ1) is 18.1. The van der Waals surface area contributed by atoms with Gasteiger partial charge in [0, 0.05) is 36.2 Å². The lowest BCUT2D eigenvalue weighted by atomic mass is 9.95. The van der Waals surface area contributed by atoms with E-state index in [0.717, 1.165) is 35.6 Å². The molecule has 0 bridgehead atoms. The zero-order valence-electron chi connectivity index (χ0n) is 15.3. The highest BCUT2D eigenvalue weighted by Crippen LogP contribution is 2.44. The van der Waals surface area contributed by atoms with Crippen LogP contribution in [0.5, 0.6) is 0 Å². The van der Waals surface area contributed by atoms with E-state index in [4.69, 9.17) is 11.6 Å². The maximum Gasteiger partial charge on any atom is 0.126 e. The summed E-state index contributed by atoms with van der Waals surface area (Å²) in [7, 11) is 0. The number of hydrogen-bond acceptors (Lipinski definition) is 5. The molecule has 0 aliphatic heterocycles. The summed E-state index contributed by atoms with van der Waals surface area (Å²) < 4.78 is 0. The third kappa shape index (κ3) is 4.33. The van der Waals surface area contributed by atoms with Crippen LogP contribution in [0.3, 0.4) is 0 Å². The number of anilines is 2. The highest BCUT2D eigenvalue weighted by molar-refractivity contribution is 6.33. The molecule has 0 spiro atoms. The quantitative estimate of drug-likeness (QED) is 0.714. The highest BCUT2D eigenvalue weighted by Gasteiger charge is 2.42. The Hall–Kier alpha value is -2.32. The largest absolute Gasteiger partial charge is 0.383 e. The topological polar surface area (TPSA) is 73.6 Å². The van der Waals surface area contributed by atoms with Gasteiger partial charge in [0.2, 0.25) is 0 Å². The summed E-state index contributed by atoms with van der Waals surface area (Å²) in [5.41, 5.74) is 2.45. The molecule has 2 fully saturated rings. The number of nitrogens with zero attached hydrogens (tertiary/aromatic N) is 3. The maximum atomic E-state index is 9.23. The Morgan fingerprint density at radius 2 is 2.00 bits per heavy atom. The lowest BCUT2D eigenvalue weighted by Crippen LogP contribution is -2.22. The van der Waals surface area contributed by atoms with Gasteiger partial charge in [0.15, 0.2) is 0 Å². The van der Waals surface area contributed by atoms with Crippen molar-refractivity contribution in [3.8, 4) is 17.3 Å². The molecule has 6 heteroatoms. The van der Waals surface area contributed by atoms with Crippen LogP contribution in [-0.4, -0.2) is 22.6 Å². The molecule has 2 aliphatic carbocycles. The molecule has 0 radical (unpaired) electrons. The number of hydrogen-bond donors (Lipinski definition) is 2. The van der Waals surface area contributed by atoms with Crippen molar-refractivity contribution in [2.45, 2.75) is 51.0 Å². The molecule has 4 rings (SSSR count). The van der Waals surface area contributed by atoms with Crippen molar-refractivity contribution in [2.75, 3.05) is 17.2 Å². The summed E-state index contributed by atoms with van der Waals surface area (Å²) in [6.45, 7) is 0.672. The second kappa shape index (κ2) is 7.74. The van der Waals surface area contributed by atoms with E-state index < -0.39 is 0 Å². The van der Waals surface area contributed by atoms with Crippen LogP contribution in [-0.2, 0) is 0 Å². The predicted octanol–water partition coefficient (Wildman–Crippen LogP) is 5.26. The standard InChI is InChI=1S/C21H24ClN5/c22-18-12-25-20(27-15-4-2-1-3-5-15)11-17(18)19-10-16(6-9-24-19)26-14-21(13-23)7-8-21/h6,9-12,15H,1-5,7-8,14H2,(H,24,26)(H,25,27). The van der Waals surface area contributed by atoms with Crippen LogP contribution in [0.4, 0.5) is 11.5 Å². The van der Waals surface area contributed by atoms with Crippen molar-refractivity contribution in [2.24, 2.45) is 5.41 Å². The van der Waals surface area contributed by atoms with Crippen molar-refractivity contribution < 1.29 is 0 Å². The Morgan fingerprint density at radius 3 is 2.74 bits per heavy atom. The third-order valence-electron chi connectivity index (χ3n) is 5.57. The Balaban J connectivity index is 1.51. The summed E-state index contributed by atoms with van der Waals surface area (Å²) in [5, 5.41) is 16.7. The molecule has 5 nitrogen and oxygen atoms in total. The van der Waals surface area contributed by atoms with E-state index in [9.17, 15) is 5.26 Å². The van der Waals surface area contributed by atoms with Gasteiger partial charge in [-0.3, -0.25) is 4.98 Å². The lowest BCUT2D eigenvalue weighted by Gasteiger charge is -2.23. The molecular weight excluding hydrogens is 358 g/mol. The van der Waals surface area contributed by atoms with E-state index in [1.165, 1.54) is 32.1 Å². The zero-order chi connectivity index (χ0) is 18.7. The molecular formula is C21H24ClN5. The van der Waals surface area contributed by atoms with Crippen LogP contribution in [0.25, 0.3) is 11.3 Å². The predicted molar refractivity (Wildman–Crippen MR) is 109 cm³/mol. The van der Waals surface area contributed by atoms with Crippen LogP contribution in [0, 0.1) is 16.7 Å². The van der Waals surface area contributed by atoms with E-state index >= 15 is 0 Å². The Morgan fingerprint density at radius 1 is 1.19 bits per heavy atom. The van der Waals surface area contributed by atoms with Gasteiger partial charge < -0.3 is 10.6 Å².